The third-order valence-corrected chi connectivity index (χ3v) is 4.52. The summed E-state index contributed by atoms with van der Waals surface area (Å²) in [6.45, 7) is 9.40. The fourth-order valence-corrected chi connectivity index (χ4v) is 3.97. The first kappa shape index (κ1) is 14.3. The lowest BCUT2D eigenvalue weighted by Crippen LogP contribution is -2.53. The first-order chi connectivity index (χ1) is 8.44. The van der Waals surface area contributed by atoms with Crippen molar-refractivity contribution in [3.63, 3.8) is 0 Å². The third kappa shape index (κ3) is 4.24. The molecule has 106 valence electrons. The number of nitrogens with zero attached hydrogens (tertiary/aromatic N) is 1. The molecule has 0 aromatic rings. The molecule has 0 aromatic carbocycles. The number of hydrogen-bond acceptors (Lipinski definition) is 2. The molecule has 2 nitrogen and oxygen atoms in total. The molecule has 1 N–H and O–H groups in total. The van der Waals surface area contributed by atoms with Crippen LogP contribution in [-0.4, -0.2) is 37.1 Å². The van der Waals surface area contributed by atoms with Crippen LogP contribution in [0.15, 0.2) is 0 Å². The highest BCUT2D eigenvalue weighted by Gasteiger charge is 2.32. The van der Waals surface area contributed by atoms with E-state index in [9.17, 15) is 0 Å². The summed E-state index contributed by atoms with van der Waals surface area (Å²) in [6.07, 6.45) is 8.66. The largest absolute Gasteiger partial charge is 0.310 e. The van der Waals surface area contributed by atoms with Gasteiger partial charge in [0.1, 0.15) is 0 Å². The van der Waals surface area contributed by atoms with E-state index >= 15 is 0 Å². The van der Waals surface area contributed by atoms with Crippen LogP contribution < -0.4 is 5.32 Å². The summed E-state index contributed by atoms with van der Waals surface area (Å²) < 4.78 is 0. The van der Waals surface area contributed by atoms with Gasteiger partial charge < -0.3 is 10.2 Å². The average molecular weight is 252 g/mol. The minimum absolute atomic E-state index is 0.413. The number of nitrogens with one attached hydrogen (secondary N) is 1. The van der Waals surface area contributed by atoms with Crippen LogP contribution in [0.5, 0.6) is 0 Å². The summed E-state index contributed by atoms with van der Waals surface area (Å²) in [7, 11) is 2.28. The van der Waals surface area contributed by atoms with Crippen molar-refractivity contribution in [2.45, 2.75) is 71.4 Å². The molecule has 1 aliphatic heterocycles. The Kier molecular flexibility index (Phi) is 4.71. The van der Waals surface area contributed by atoms with Crippen molar-refractivity contribution >= 4 is 0 Å². The van der Waals surface area contributed by atoms with E-state index in [4.69, 9.17) is 0 Å². The lowest BCUT2D eigenvalue weighted by Gasteiger charge is -2.42. The molecule has 2 rings (SSSR count). The lowest BCUT2D eigenvalue weighted by molar-refractivity contribution is 0.138. The molecule has 2 heteroatoms. The summed E-state index contributed by atoms with van der Waals surface area (Å²) in [5, 5.41) is 3.93. The molecule has 2 fully saturated rings. The van der Waals surface area contributed by atoms with E-state index in [1.807, 2.05) is 0 Å². The van der Waals surface area contributed by atoms with Gasteiger partial charge in [-0.1, -0.05) is 33.6 Å². The Hall–Kier alpha value is -0.0800. The predicted molar refractivity (Wildman–Crippen MR) is 78.9 cm³/mol. The van der Waals surface area contributed by atoms with Crippen molar-refractivity contribution in [2.24, 2.45) is 11.3 Å². The van der Waals surface area contributed by atoms with E-state index in [-0.39, 0.29) is 0 Å². The molecular weight excluding hydrogens is 220 g/mol. The molecule has 1 saturated carbocycles. The zero-order chi connectivity index (χ0) is 13.2. The third-order valence-electron chi connectivity index (χ3n) is 4.52. The normalized spacial score (nSPS) is 33.5. The van der Waals surface area contributed by atoms with Gasteiger partial charge in [-0.3, -0.25) is 0 Å². The van der Waals surface area contributed by atoms with Gasteiger partial charge in [0.05, 0.1) is 0 Å². The van der Waals surface area contributed by atoms with Crippen molar-refractivity contribution in [3.8, 4) is 0 Å². The Balaban J connectivity index is 1.77. The van der Waals surface area contributed by atoms with Gasteiger partial charge in [-0.25, -0.2) is 0 Å². The molecule has 0 amide bonds. The molecule has 0 bridgehead atoms. The maximum Gasteiger partial charge on any atom is 0.0197 e. The SMILES string of the molecule is CN(CC1CCC2CCCCC2N1)CC(C)(C)C. The molecule has 0 radical (unpaired) electrons. The molecule has 1 saturated heterocycles. The van der Waals surface area contributed by atoms with Crippen LogP contribution in [0.3, 0.4) is 0 Å². The zero-order valence-corrected chi connectivity index (χ0v) is 12.8. The summed E-state index contributed by atoms with van der Waals surface area (Å²) in [5.74, 6) is 0.989. The molecule has 0 aromatic heterocycles. The average Bonchev–Trinajstić information content (AvgIpc) is 2.26. The van der Waals surface area contributed by atoms with E-state index in [1.165, 1.54) is 51.6 Å². The van der Waals surface area contributed by atoms with E-state index in [0.29, 0.717) is 5.41 Å². The molecular formula is C16H32N2. The van der Waals surface area contributed by atoms with Gasteiger partial charge in [0.25, 0.3) is 0 Å². The molecule has 1 heterocycles. The van der Waals surface area contributed by atoms with Gasteiger partial charge >= 0.3 is 0 Å². The van der Waals surface area contributed by atoms with Crippen molar-refractivity contribution in [3.05, 3.63) is 0 Å². The highest BCUT2D eigenvalue weighted by atomic mass is 15.1. The molecule has 3 atom stereocenters. The second kappa shape index (κ2) is 5.92. The smallest absolute Gasteiger partial charge is 0.0197 e. The van der Waals surface area contributed by atoms with Crippen molar-refractivity contribution in [1.82, 2.24) is 10.2 Å². The summed E-state index contributed by atoms with van der Waals surface area (Å²) in [5.41, 5.74) is 0.413. The van der Waals surface area contributed by atoms with Gasteiger partial charge in [-0.05, 0) is 44.1 Å². The van der Waals surface area contributed by atoms with Gasteiger partial charge in [0.15, 0.2) is 0 Å². The Morgan fingerprint density at radius 1 is 1.06 bits per heavy atom. The number of fused-ring (bicyclic) bond motifs is 1. The fourth-order valence-electron chi connectivity index (χ4n) is 3.97. The van der Waals surface area contributed by atoms with Crippen molar-refractivity contribution in [2.75, 3.05) is 20.1 Å². The van der Waals surface area contributed by atoms with E-state index in [2.05, 4.69) is 38.0 Å². The van der Waals surface area contributed by atoms with Crippen LogP contribution in [0.1, 0.15) is 59.3 Å². The Labute approximate surface area is 114 Å². The maximum atomic E-state index is 3.93. The van der Waals surface area contributed by atoms with Crippen molar-refractivity contribution in [1.29, 1.82) is 0 Å². The highest BCUT2D eigenvalue weighted by Crippen LogP contribution is 2.32. The van der Waals surface area contributed by atoms with Crippen LogP contribution >= 0.6 is 0 Å². The maximum absolute atomic E-state index is 3.93. The second-order valence-electron chi connectivity index (χ2n) is 7.85. The minimum Gasteiger partial charge on any atom is -0.310 e. The topological polar surface area (TPSA) is 15.3 Å². The second-order valence-corrected chi connectivity index (χ2v) is 7.85. The van der Waals surface area contributed by atoms with Crippen LogP contribution in [0, 0.1) is 11.3 Å². The highest BCUT2D eigenvalue weighted by molar-refractivity contribution is 4.90. The molecule has 18 heavy (non-hydrogen) atoms. The number of likely N-dealkylation sites (N-methyl/N-ethyl adjacent to an activating group) is 1. The van der Waals surface area contributed by atoms with E-state index in [0.717, 1.165) is 18.0 Å². The quantitative estimate of drug-likeness (QED) is 0.829. The van der Waals surface area contributed by atoms with Gasteiger partial charge in [0, 0.05) is 25.2 Å². The zero-order valence-electron chi connectivity index (χ0n) is 12.8. The van der Waals surface area contributed by atoms with Crippen LogP contribution in [0.4, 0.5) is 0 Å². The molecule has 2 aliphatic rings. The summed E-state index contributed by atoms with van der Waals surface area (Å²) >= 11 is 0. The first-order valence-electron chi connectivity index (χ1n) is 7.89. The van der Waals surface area contributed by atoms with E-state index < -0.39 is 0 Å². The Morgan fingerprint density at radius 3 is 2.50 bits per heavy atom. The lowest BCUT2D eigenvalue weighted by atomic mass is 9.77. The van der Waals surface area contributed by atoms with Gasteiger partial charge in [0.2, 0.25) is 0 Å². The van der Waals surface area contributed by atoms with Crippen LogP contribution in [-0.2, 0) is 0 Å². The molecule has 1 aliphatic carbocycles. The predicted octanol–water partition coefficient (Wildman–Crippen LogP) is 3.28. The Bertz CT molecular complexity index is 256. The monoisotopic (exact) mass is 252 g/mol. The van der Waals surface area contributed by atoms with E-state index in [1.54, 1.807) is 0 Å². The van der Waals surface area contributed by atoms with Crippen LogP contribution in [0.25, 0.3) is 0 Å². The Morgan fingerprint density at radius 2 is 1.78 bits per heavy atom. The molecule has 0 spiro atoms. The summed E-state index contributed by atoms with van der Waals surface area (Å²) in [6, 6.07) is 1.57. The number of hydrogen-bond donors (Lipinski definition) is 1. The van der Waals surface area contributed by atoms with Crippen LogP contribution in [0.2, 0.25) is 0 Å². The fraction of sp³-hybridized carbons (Fsp3) is 1.00. The molecule has 3 unspecified atom stereocenters. The van der Waals surface area contributed by atoms with Gasteiger partial charge in [-0.2, -0.15) is 0 Å². The van der Waals surface area contributed by atoms with Gasteiger partial charge in [-0.15, -0.1) is 0 Å². The standard InChI is InChI=1S/C16H32N2/c1-16(2,3)12-18(4)11-14-10-9-13-7-5-6-8-15(13)17-14/h13-15,17H,5-12H2,1-4H3. The number of piperidine rings is 1. The van der Waals surface area contributed by atoms with Crippen molar-refractivity contribution < 1.29 is 0 Å². The number of rotatable bonds is 3. The summed E-state index contributed by atoms with van der Waals surface area (Å²) in [4.78, 5) is 2.51. The first-order valence-corrected chi connectivity index (χ1v) is 7.89. The minimum atomic E-state index is 0.413.